The molecule has 0 aliphatic heterocycles. The van der Waals surface area contributed by atoms with E-state index in [0.717, 1.165) is 23.1 Å². The van der Waals surface area contributed by atoms with Gasteiger partial charge in [0.15, 0.2) is 0 Å². The maximum atomic E-state index is 14.2. The molecule has 0 fully saturated rings. The number of carbonyl (C=O) groups is 4. The molecule has 9 nitrogen and oxygen atoms in total. The van der Waals surface area contributed by atoms with Crippen molar-refractivity contribution in [3.05, 3.63) is 34.9 Å². The summed E-state index contributed by atoms with van der Waals surface area (Å²) >= 11 is 1.56. The van der Waals surface area contributed by atoms with Gasteiger partial charge in [0.1, 0.15) is 17.7 Å². The van der Waals surface area contributed by atoms with E-state index in [-0.39, 0.29) is 31.4 Å². The van der Waals surface area contributed by atoms with Crippen LogP contribution in [0.25, 0.3) is 0 Å². The van der Waals surface area contributed by atoms with Crippen molar-refractivity contribution >= 4 is 35.6 Å². The molecule has 0 spiro atoms. The summed E-state index contributed by atoms with van der Waals surface area (Å²) in [5.74, 6) is -0.509. The van der Waals surface area contributed by atoms with Crippen molar-refractivity contribution in [3.63, 3.8) is 0 Å². The van der Waals surface area contributed by atoms with Gasteiger partial charge in [-0.3, -0.25) is 14.4 Å². The van der Waals surface area contributed by atoms with Crippen molar-refractivity contribution in [3.8, 4) is 0 Å². The molecule has 0 radical (unpaired) electrons. The van der Waals surface area contributed by atoms with E-state index in [4.69, 9.17) is 9.47 Å². The molecule has 3 amide bonds. The third-order valence-corrected chi connectivity index (χ3v) is 6.59. The fourth-order valence-corrected chi connectivity index (χ4v) is 4.61. The Kier molecular flexibility index (Phi) is 15.0. The van der Waals surface area contributed by atoms with Gasteiger partial charge in [0.05, 0.1) is 13.0 Å². The summed E-state index contributed by atoms with van der Waals surface area (Å²) in [4.78, 5) is 54.0. The Morgan fingerprint density at radius 2 is 1.72 bits per heavy atom. The lowest BCUT2D eigenvalue weighted by molar-refractivity contribution is -0.144. The molecule has 0 aliphatic carbocycles. The van der Waals surface area contributed by atoms with Gasteiger partial charge in [-0.2, -0.15) is 11.8 Å². The number of alkyl carbamates (subject to hydrolysis) is 1. The number of thioether (sulfide) groups is 1. The van der Waals surface area contributed by atoms with E-state index in [9.17, 15) is 19.2 Å². The standard InChI is InChI=1S/C29H47N3O6S/c1-9-11-18-32(27(35)22(16-19-39-8)31-28(36)38-29(5,6)7)25(24-20(3)13-12-14-21(24)4)26(34)30-17-15-23(33)37-10-2/h12-14,22,25H,9-11,15-19H2,1-8H3,(H,30,34)(H,31,36). The van der Waals surface area contributed by atoms with Gasteiger partial charge in [-0.1, -0.05) is 31.5 Å². The molecule has 0 aromatic heterocycles. The molecule has 1 rings (SSSR count). The lowest BCUT2D eigenvalue weighted by Crippen LogP contribution is -2.53. The summed E-state index contributed by atoms with van der Waals surface area (Å²) in [5.41, 5.74) is 1.75. The summed E-state index contributed by atoms with van der Waals surface area (Å²) < 4.78 is 10.4. The predicted molar refractivity (Wildman–Crippen MR) is 156 cm³/mol. The molecule has 0 bridgehead atoms. The van der Waals surface area contributed by atoms with Crippen LogP contribution in [0.1, 0.15) is 83.0 Å². The van der Waals surface area contributed by atoms with E-state index >= 15 is 0 Å². The zero-order chi connectivity index (χ0) is 29.6. The maximum absolute atomic E-state index is 14.2. The molecule has 10 heteroatoms. The number of amides is 3. The largest absolute Gasteiger partial charge is 0.466 e. The SMILES string of the molecule is CCCCN(C(=O)C(CCSC)NC(=O)OC(C)(C)C)C(C(=O)NCCC(=O)OCC)c1c(C)cccc1C. The number of carbonyl (C=O) groups excluding carboxylic acids is 4. The number of hydrogen-bond acceptors (Lipinski definition) is 7. The molecule has 0 heterocycles. The highest BCUT2D eigenvalue weighted by Gasteiger charge is 2.37. The third kappa shape index (κ3) is 11.9. The number of esters is 1. The second-order valence-corrected chi connectivity index (χ2v) is 11.4. The Hall–Kier alpha value is -2.75. The normalized spacial score (nSPS) is 12.7. The molecule has 220 valence electrons. The number of nitrogens with zero attached hydrogens (tertiary/aromatic N) is 1. The number of nitrogens with one attached hydrogen (secondary N) is 2. The van der Waals surface area contributed by atoms with Crippen LogP contribution in [-0.2, 0) is 23.9 Å². The fraction of sp³-hybridized carbons (Fsp3) is 0.655. The highest BCUT2D eigenvalue weighted by Crippen LogP contribution is 2.29. The first kappa shape index (κ1) is 34.3. The van der Waals surface area contributed by atoms with Gasteiger partial charge >= 0.3 is 12.1 Å². The highest BCUT2D eigenvalue weighted by molar-refractivity contribution is 7.98. The van der Waals surface area contributed by atoms with Gasteiger partial charge in [-0.25, -0.2) is 4.79 Å². The molecule has 39 heavy (non-hydrogen) atoms. The Morgan fingerprint density at radius 1 is 1.08 bits per heavy atom. The quantitative estimate of drug-likeness (QED) is 0.297. The monoisotopic (exact) mass is 565 g/mol. The van der Waals surface area contributed by atoms with Crippen molar-refractivity contribution in [2.24, 2.45) is 0 Å². The lowest BCUT2D eigenvalue weighted by atomic mass is 9.93. The second-order valence-electron chi connectivity index (χ2n) is 10.4. The minimum atomic E-state index is -0.940. The van der Waals surface area contributed by atoms with Crippen LogP contribution in [0, 0.1) is 13.8 Å². The average Bonchev–Trinajstić information content (AvgIpc) is 2.84. The molecule has 1 aromatic carbocycles. The van der Waals surface area contributed by atoms with E-state index < -0.39 is 29.7 Å². The predicted octanol–water partition coefficient (Wildman–Crippen LogP) is 4.69. The van der Waals surface area contributed by atoms with Crippen LogP contribution >= 0.6 is 11.8 Å². The van der Waals surface area contributed by atoms with Crippen LogP contribution < -0.4 is 10.6 Å². The number of ether oxygens (including phenoxy) is 2. The van der Waals surface area contributed by atoms with Crippen molar-refractivity contribution in [1.82, 2.24) is 15.5 Å². The van der Waals surface area contributed by atoms with E-state index in [1.165, 1.54) is 0 Å². The van der Waals surface area contributed by atoms with Crippen LogP contribution in [-0.4, -0.2) is 72.1 Å². The summed E-state index contributed by atoms with van der Waals surface area (Å²) in [6, 6.07) is 3.92. The summed E-state index contributed by atoms with van der Waals surface area (Å²) in [6.45, 7) is 13.5. The maximum Gasteiger partial charge on any atom is 0.408 e. The van der Waals surface area contributed by atoms with Crippen molar-refractivity contribution < 1.29 is 28.7 Å². The molecule has 2 unspecified atom stereocenters. The topological polar surface area (TPSA) is 114 Å². The van der Waals surface area contributed by atoms with Gasteiger partial charge in [-0.05, 0) is 83.1 Å². The van der Waals surface area contributed by atoms with Gasteiger partial charge in [0.2, 0.25) is 11.8 Å². The Bertz CT molecular complexity index is 943. The molecule has 0 saturated carbocycles. The highest BCUT2D eigenvalue weighted by atomic mass is 32.2. The first-order valence-electron chi connectivity index (χ1n) is 13.6. The fourth-order valence-electron chi connectivity index (χ4n) is 4.14. The first-order valence-corrected chi connectivity index (χ1v) is 15.0. The Morgan fingerprint density at radius 3 is 2.26 bits per heavy atom. The van der Waals surface area contributed by atoms with Gasteiger partial charge in [0, 0.05) is 13.1 Å². The van der Waals surface area contributed by atoms with E-state index in [2.05, 4.69) is 10.6 Å². The second kappa shape index (κ2) is 17.0. The van der Waals surface area contributed by atoms with E-state index in [0.29, 0.717) is 25.1 Å². The Balaban J connectivity index is 3.47. The van der Waals surface area contributed by atoms with Crippen LogP contribution in [0.2, 0.25) is 0 Å². The minimum absolute atomic E-state index is 0.0263. The third-order valence-electron chi connectivity index (χ3n) is 5.94. The number of benzene rings is 1. The number of rotatable bonds is 15. The number of hydrogen-bond donors (Lipinski definition) is 2. The summed E-state index contributed by atoms with van der Waals surface area (Å²) in [5, 5.41) is 5.59. The number of aryl methyl sites for hydroxylation is 2. The van der Waals surface area contributed by atoms with Crippen molar-refractivity contribution in [2.75, 3.05) is 31.7 Å². The van der Waals surface area contributed by atoms with Crippen molar-refractivity contribution in [1.29, 1.82) is 0 Å². The van der Waals surface area contributed by atoms with E-state index in [1.807, 2.05) is 45.2 Å². The number of unbranched alkanes of at least 4 members (excludes halogenated alkanes) is 1. The van der Waals surface area contributed by atoms with Gasteiger partial charge in [0.25, 0.3) is 0 Å². The summed E-state index contributed by atoms with van der Waals surface area (Å²) in [6.07, 6.45) is 3.14. The molecular formula is C29H47N3O6S. The first-order chi connectivity index (χ1) is 18.4. The van der Waals surface area contributed by atoms with Gasteiger partial charge in [-0.15, -0.1) is 0 Å². The van der Waals surface area contributed by atoms with Crippen LogP contribution in [0.15, 0.2) is 18.2 Å². The average molecular weight is 566 g/mol. The molecule has 2 N–H and O–H groups in total. The smallest absolute Gasteiger partial charge is 0.408 e. The van der Waals surface area contributed by atoms with Crippen LogP contribution in [0.4, 0.5) is 4.79 Å². The van der Waals surface area contributed by atoms with E-state index in [1.54, 1.807) is 44.4 Å². The zero-order valence-corrected chi connectivity index (χ0v) is 25.7. The molecule has 0 aliphatic rings. The Labute approximate surface area is 238 Å². The van der Waals surface area contributed by atoms with Crippen LogP contribution in [0.3, 0.4) is 0 Å². The van der Waals surface area contributed by atoms with Gasteiger partial charge < -0.3 is 25.0 Å². The molecule has 2 atom stereocenters. The van der Waals surface area contributed by atoms with Crippen LogP contribution in [0.5, 0.6) is 0 Å². The van der Waals surface area contributed by atoms with Crippen molar-refractivity contribution in [2.45, 2.75) is 91.8 Å². The minimum Gasteiger partial charge on any atom is -0.466 e. The molecule has 1 aromatic rings. The molecular weight excluding hydrogens is 518 g/mol. The lowest BCUT2D eigenvalue weighted by Gasteiger charge is -2.35. The molecule has 0 saturated heterocycles. The summed E-state index contributed by atoms with van der Waals surface area (Å²) in [7, 11) is 0. The zero-order valence-electron chi connectivity index (χ0n) is 24.8.